The van der Waals surface area contributed by atoms with E-state index < -0.39 is 0 Å². The highest BCUT2D eigenvalue weighted by molar-refractivity contribution is 5.04. The summed E-state index contributed by atoms with van der Waals surface area (Å²) in [6, 6.07) is 1.55. The van der Waals surface area contributed by atoms with Crippen LogP contribution in [-0.4, -0.2) is 15.6 Å². The third-order valence-electron chi connectivity index (χ3n) is 4.97. The highest BCUT2D eigenvalue weighted by Crippen LogP contribution is 2.44. The smallest absolute Gasteiger partial charge is 0.0951 e. The molecule has 2 bridgehead atoms. The molecule has 1 heterocycles. The zero-order chi connectivity index (χ0) is 11.2. The summed E-state index contributed by atoms with van der Waals surface area (Å²) in [7, 11) is 0. The quantitative estimate of drug-likeness (QED) is 0.863. The van der Waals surface area contributed by atoms with Crippen LogP contribution < -0.4 is 5.32 Å². The summed E-state index contributed by atoms with van der Waals surface area (Å²) >= 11 is 0. The number of hydrogen-bond acceptors (Lipinski definition) is 2. The molecule has 3 nitrogen and oxygen atoms in total. The van der Waals surface area contributed by atoms with Crippen LogP contribution in [0.4, 0.5) is 0 Å². The molecule has 3 atom stereocenters. The summed E-state index contributed by atoms with van der Waals surface area (Å²) in [6.45, 7) is 1.02. The maximum atomic E-state index is 4.30. The Kier molecular flexibility index (Phi) is 2.29. The fraction of sp³-hybridized carbons (Fsp3) is 0.786. The maximum Gasteiger partial charge on any atom is 0.0951 e. The highest BCUT2D eigenvalue weighted by Gasteiger charge is 2.39. The minimum atomic E-state index is 0.759. The average molecular weight is 231 g/mol. The average Bonchev–Trinajstić information content (AvgIpc) is 2.80. The number of fused-ring (bicyclic) bond motifs is 2. The van der Waals surface area contributed by atoms with Gasteiger partial charge in [-0.1, -0.05) is 6.42 Å². The minimum absolute atomic E-state index is 0.759. The van der Waals surface area contributed by atoms with Gasteiger partial charge in [-0.15, -0.1) is 0 Å². The van der Waals surface area contributed by atoms with Gasteiger partial charge in [-0.25, -0.2) is 4.98 Å². The largest absolute Gasteiger partial charge is 0.330 e. The van der Waals surface area contributed by atoms with Crippen molar-refractivity contribution >= 4 is 0 Å². The molecule has 3 aliphatic carbocycles. The van der Waals surface area contributed by atoms with E-state index in [-0.39, 0.29) is 0 Å². The molecule has 0 aromatic carbocycles. The lowest BCUT2D eigenvalue weighted by Gasteiger charge is -2.23. The lowest BCUT2D eigenvalue weighted by atomic mass is 9.95. The van der Waals surface area contributed by atoms with Crippen molar-refractivity contribution in [3.05, 3.63) is 18.2 Å². The van der Waals surface area contributed by atoms with Crippen molar-refractivity contribution in [3.63, 3.8) is 0 Å². The van der Waals surface area contributed by atoms with Gasteiger partial charge in [-0.2, -0.15) is 0 Å². The predicted octanol–water partition coefficient (Wildman–Crippen LogP) is 2.50. The Morgan fingerprint density at radius 2 is 2.18 bits per heavy atom. The molecule has 0 radical (unpaired) electrons. The van der Waals surface area contributed by atoms with Crippen molar-refractivity contribution in [2.24, 2.45) is 11.8 Å². The molecule has 0 spiro atoms. The van der Waals surface area contributed by atoms with E-state index in [1.54, 1.807) is 0 Å². The number of rotatable bonds is 4. The monoisotopic (exact) mass is 231 g/mol. The van der Waals surface area contributed by atoms with Gasteiger partial charge in [0.15, 0.2) is 0 Å². The Hall–Kier alpha value is -0.830. The zero-order valence-electron chi connectivity index (χ0n) is 10.3. The second-order valence-electron chi connectivity index (χ2n) is 6.19. The fourth-order valence-corrected chi connectivity index (χ4v) is 3.88. The van der Waals surface area contributed by atoms with E-state index >= 15 is 0 Å². The van der Waals surface area contributed by atoms with Gasteiger partial charge < -0.3 is 9.88 Å². The van der Waals surface area contributed by atoms with Crippen LogP contribution in [0.1, 0.15) is 50.3 Å². The lowest BCUT2D eigenvalue weighted by molar-refractivity contribution is 0.347. The first kappa shape index (κ1) is 10.1. The van der Waals surface area contributed by atoms with Crippen molar-refractivity contribution in [2.75, 3.05) is 0 Å². The van der Waals surface area contributed by atoms with E-state index in [2.05, 4.69) is 14.9 Å². The zero-order valence-corrected chi connectivity index (χ0v) is 10.3. The molecule has 4 rings (SSSR count). The first-order valence-corrected chi connectivity index (χ1v) is 7.14. The number of imidazole rings is 1. The van der Waals surface area contributed by atoms with Crippen LogP contribution in [-0.2, 0) is 6.54 Å². The van der Waals surface area contributed by atoms with Crippen LogP contribution in [0.2, 0.25) is 0 Å². The van der Waals surface area contributed by atoms with Gasteiger partial charge in [0.1, 0.15) is 0 Å². The number of nitrogens with one attached hydrogen (secondary N) is 1. The molecule has 92 valence electrons. The van der Waals surface area contributed by atoms with E-state index in [1.807, 2.05) is 12.5 Å². The van der Waals surface area contributed by atoms with Gasteiger partial charge in [-0.3, -0.25) is 0 Å². The Labute approximate surface area is 103 Å². The first-order valence-electron chi connectivity index (χ1n) is 7.14. The van der Waals surface area contributed by atoms with E-state index in [9.17, 15) is 0 Å². The molecule has 3 saturated carbocycles. The second kappa shape index (κ2) is 3.84. The molecule has 1 aromatic heterocycles. The van der Waals surface area contributed by atoms with Crippen molar-refractivity contribution < 1.29 is 0 Å². The molecule has 3 fully saturated rings. The first-order chi connectivity index (χ1) is 8.40. The molecule has 3 aliphatic rings. The van der Waals surface area contributed by atoms with Crippen LogP contribution in [0.5, 0.6) is 0 Å². The molecular formula is C14H21N3. The standard InChI is InChI=1S/C14H21N3/c1-2-11-5-10(1)6-14(11)16-8-13-7-15-9-17(13)12-3-4-12/h7,9-12,14,16H,1-6,8H2. The Bertz CT molecular complexity index is 407. The third kappa shape index (κ3) is 1.81. The molecule has 1 N–H and O–H groups in total. The van der Waals surface area contributed by atoms with Crippen molar-refractivity contribution in [2.45, 2.75) is 57.2 Å². The Morgan fingerprint density at radius 3 is 2.88 bits per heavy atom. The number of nitrogens with zero attached hydrogens (tertiary/aromatic N) is 2. The van der Waals surface area contributed by atoms with Crippen LogP contribution in [0, 0.1) is 11.8 Å². The van der Waals surface area contributed by atoms with Gasteiger partial charge >= 0.3 is 0 Å². The topological polar surface area (TPSA) is 29.9 Å². The van der Waals surface area contributed by atoms with Gasteiger partial charge in [-0.05, 0) is 43.9 Å². The van der Waals surface area contributed by atoms with Gasteiger partial charge in [0.25, 0.3) is 0 Å². The Morgan fingerprint density at radius 1 is 1.24 bits per heavy atom. The SMILES string of the molecule is c1ncn(C2CC2)c1CNC1CC2CCC1C2. The summed E-state index contributed by atoms with van der Waals surface area (Å²) in [5, 5.41) is 3.78. The fourth-order valence-electron chi connectivity index (χ4n) is 3.88. The van der Waals surface area contributed by atoms with Crippen LogP contribution in [0.25, 0.3) is 0 Å². The Balaban J connectivity index is 1.39. The van der Waals surface area contributed by atoms with E-state index in [0.29, 0.717) is 0 Å². The normalized spacial score (nSPS) is 35.6. The number of aromatic nitrogens is 2. The highest BCUT2D eigenvalue weighted by atomic mass is 15.1. The van der Waals surface area contributed by atoms with Gasteiger partial charge in [0.2, 0.25) is 0 Å². The molecule has 0 saturated heterocycles. The summed E-state index contributed by atoms with van der Waals surface area (Å²) in [4.78, 5) is 4.30. The summed E-state index contributed by atoms with van der Waals surface area (Å²) in [5.41, 5.74) is 1.38. The van der Waals surface area contributed by atoms with E-state index in [4.69, 9.17) is 0 Å². The molecular weight excluding hydrogens is 210 g/mol. The maximum absolute atomic E-state index is 4.30. The van der Waals surface area contributed by atoms with Crippen LogP contribution in [0.3, 0.4) is 0 Å². The summed E-state index contributed by atoms with van der Waals surface area (Å²) in [5.74, 6) is 2.00. The summed E-state index contributed by atoms with van der Waals surface area (Å²) < 4.78 is 2.38. The molecule has 17 heavy (non-hydrogen) atoms. The molecule has 0 aliphatic heterocycles. The molecule has 3 heteroatoms. The molecule has 0 amide bonds. The predicted molar refractivity (Wildman–Crippen MR) is 66.6 cm³/mol. The van der Waals surface area contributed by atoms with Gasteiger partial charge in [0.05, 0.1) is 12.0 Å². The van der Waals surface area contributed by atoms with Crippen molar-refractivity contribution in [1.82, 2.24) is 14.9 Å². The minimum Gasteiger partial charge on any atom is -0.330 e. The molecule has 3 unspecified atom stereocenters. The van der Waals surface area contributed by atoms with Crippen molar-refractivity contribution in [3.8, 4) is 0 Å². The summed E-state index contributed by atoms with van der Waals surface area (Å²) in [6.07, 6.45) is 12.6. The van der Waals surface area contributed by atoms with Gasteiger partial charge in [0, 0.05) is 24.8 Å². The van der Waals surface area contributed by atoms with Crippen molar-refractivity contribution in [1.29, 1.82) is 0 Å². The number of hydrogen-bond donors (Lipinski definition) is 1. The van der Waals surface area contributed by atoms with Crippen LogP contribution >= 0.6 is 0 Å². The lowest BCUT2D eigenvalue weighted by Crippen LogP contribution is -2.33. The molecule has 1 aromatic rings. The van der Waals surface area contributed by atoms with Crippen LogP contribution in [0.15, 0.2) is 12.5 Å². The van der Waals surface area contributed by atoms with E-state index in [1.165, 1.54) is 44.2 Å². The third-order valence-corrected chi connectivity index (χ3v) is 4.97. The van der Waals surface area contributed by atoms with E-state index in [0.717, 1.165) is 30.5 Å². The second-order valence-corrected chi connectivity index (χ2v) is 6.19.